The fraction of sp³-hybridized carbons (Fsp3) is 0.471. The van der Waals surface area contributed by atoms with Crippen LogP contribution < -0.4 is 0 Å². The van der Waals surface area contributed by atoms with E-state index in [0.29, 0.717) is 0 Å². The van der Waals surface area contributed by atoms with E-state index in [1.807, 2.05) is 18.7 Å². The van der Waals surface area contributed by atoms with Crippen molar-refractivity contribution in [1.29, 1.82) is 0 Å². The second-order valence-electron chi connectivity index (χ2n) is 5.44. The van der Waals surface area contributed by atoms with Crippen LogP contribution in [0.15, 0.2) is 30.3 Å². The number of hydrogen-bond donors (Lipinski definition) is 0. The molecule has 1 amide bonds. The molecule has 0 bridgehead atoms. The molecule has 0 aliphatic carbocycles. The first-order valence-corrected chi connectivity index (χ1v) is 7.65. The van der Waals surface area contributed by atoms with E-state index in [1.54, 1.807) is 24.3 Å². The van der Waals surface area contributed by atoms with Crippen LogP contribution in [0, 0.1) is 10.1 Å². The third-order valence-electron chi connectivity index (χ3n) is 3.91. The number of amides is 1. The zero-order chi connectivity index (χ0) is 16.7. The lowest BCUT2D eigenvalue weighted by Crippen LogP contribution is -2.43. The van der Waals surface area contributed by atoms with Gasteiger partial charge in [0.05, 0.1) is 4.92 Å². The summed E-state index contributed by atoms with van der Waals surface area (Å²) in [6.07, 6.45) is 5.05. The molecule has 5 heteroatoms. The fourth-order valence-electron chi connectivity index (χ4n) is 2.22. The van der Waals surface area contributed by atoms with Crippen LogP contribution in [0.2, 0.25) is 0 Å². The third-order valence-corrected chi connectivity index (χ3v) is 3.91. The van der Waals surface area contributed by atoms with Crippen LogP contribution in [-0.2, 0) is 4.79 Å². The number of nitro groups is 1. The van der Waals surface area contributed by atoms with E-state index in [2.05, 4.69) is 13.8 Å². The van der Waals surface area contributed by atoms with Gasteiger partial charge in [0, 0.05) is 30.3 Å². The smallest absolute Gasteiger partial charge is 0.269 e. The first kappa shape index (κ1) is 17.9. The summed E-state index contributed by atoms with van der Waals surface area (Å²) < 4.78 is 0. The van der Waals surface area contributed by atoms with Crippen molar-refractivity contribution in [2.75, 3.05) is 0 Å². The summed E-state index contributed by atoms with van der Waals surface area (Å²) in [6.45, 7) is 8.22. The van der Waals surface area contributed by atoms with Gasteiger partial charge >= 0.3 is 0 Å². The number of rotatable bonds is 7. The lowest BCUT2D eigenvalue weighted by molar-refractivity contribution is -0.384. The van der Waals surface area contributed by atoms with Crippen LogP contribution in [0.3, 0.4) is 0 Å². The number of hydrogen-bond acceptors (Lipinski definition) is 3. The average molecular weight is 304 g/mol. The van der Waals surface area contributed by atoms with Crippen molar-refractivity contribution in [1.82, 2.24) is 4.90 Å². The summed E-state index contributed by atoms with van der Waals surface area (Å²) in [6, 6.07) is 6.52. The molecule has 2 atom stereocenters. The molecule has 0 N–H and O–H groups in total. The number of benzene rings is 1. The maximum atomic E-state index is 12.4. The van der Waals surface area contributed by atoms with Gasteiger partial charge in [0.15, 0.2) is 0 Å². The Balaban J connectivity index is 2.85. The Labute approximate surface area is 131 Å². The average Bonchev–Trinajstić information content (AvgIpc) is 2.52. The van der Waals surface area contributed by atoms with E-state index in [1.165, 1.54) is 12.1 Å². The molecule has 0 saturated heterocycles. The van der Waals surface area contributed by atoms with Crippen molar-refractivity contribution in [2.45, 2.75) is 52.6 Å². The fourth-order valence-corrected chi connectivity index (χ4v) is 2.22. The van der Waals surface area contributed by atoms with Crippen molar-refractivity contribution in [2.24, 2.45) is 0 Å². The Hall–Kier alpha value is -2.17. The SMILES string of the molecule is CC[C@@H](C)N(C(=O)/C=C/c1ccc([N+](=O)[O-])cc1)[C@@H](C)CC. The minimum atomic E-state index is -0.438. The van der Waals surface area contributed by atoms with Crippen molar-refractivity contribution in [3.63, 3.8) is 0 Å². The molecule has 1 aromatic carbocycles. The molecule has 0 unspecified atom stereocenters. The molecule has 5 nitrogen and oxygen atoms in total. The molecule has 0 fully saturated rings. The molecule has 0 saturated carbocycles. The molecule has 0 spiro atoms. The maximum Gasteiger partial charge on any atom is 0.269 e. The van der Waals surface area contributed by atoms with Crippen molar-refractivity contribution < 1.29 is 9.72 Å². The number of nitrogens with zero attached hydrogens (tertiary/aromatic N) is 2. The number of non-ortho nitro benzene ring substituents is 1. The van der Waals surface area contributed by atoms with Gasteiger partial charge in [-0.05, 0) is 50.5 Å². The lowest BCUT2D eigenvalue weighted by atomic mass is 10.1. The van der Waals surface area contributed by atoms with E-state index in [4.69, 9.17) is 0 Å². The monoisotopic (exact) mass is 304 g/mol. The van der Waals surface area contributed by atoms with Gasteiger partial charge in [-0.25, -0.2) is 0 Å². The second kappa shape index (κ2) is 8.32. The normalized spacial score (nSPS) is 13.8. The van der Waals surface area contributed by atoms with Crippen LogP contribution >= 0.6 is 0 Å². The van der Waals surface area contributed by atoms with Gasteiger partial charge in [0.2, 0.25) is 5.91 Å². The van der Waals surface area contributed by atoms with Crippen LogP contribution in [0.25, 0.3) is 6.08 Å². The summed E-state index contributed by atoms with van der Waals surface area (Å²) in [7, 11) is 0. The van der Waals surface area contributed by atoms with E-state index in [9.17, 15) is 14.9 Å². The summed E-state index contributed by atoms with van der Waals surface area (Å²) >= 11 is 0. The van der Waals surface area contributed by atoms with E-state index >= 15 is 0 Å². The topological polar surface area (TPSA) is 63.5 Å². The van der Waals surface area contributed by atoms with Crippen LogP contribution in [-0.4, -0.2) is 27.8 Å². The highest BCUT2D eigenvalue weighted by Crippen LogP contribution is 2.15. The predicted molar refractivity (Wildman–Crippen MR) is 88.5 cm³/mol. The van der Waals surface area contributed by atoms with Gasteiger partial charge in [0.1, 0.15) is 0 Å². The third kappa shape index (κ3) is 4.69. The minimum Gasteiger partial charge on any atom is -0.334 e. The van der Waals surface area contributed by atoms with Crippen molar-refractivity contribution in [3.05, 3.63) is 46.0 Å². The Bertz CT molecular complexity index is 527. The maximum absolute atomic E-state index is 12.4. The first-order chi connectivity index (χ1) is 10.4. The van der Waals surface area contributed by atoms with Gasteiger partial charge in [-0.15, -0.1) is 0 Å². The Morgan fingerprint density at radius 3 is 2.09 bits per heavy atom. The molecule has 0 aromatic heterocycles. The summed E-state index contributed by atoms with van der Waals surface area (Å²) in [5.41, 5.74) is 0.816. The van der Waals surface area contributed by atoms with Crippen LogP contribution in [0.1, 0.15) is 46.1 Å². The van der Waals surface area contributed by atoms with E-state index in [0.717, 1.165) is 18.4 Å². The molecule has 1 rings (SSSR count). The molecule has 0 radical (unpaired) electrons. The van der Waals surface area contributed by atoms with Crippen LogP contribution in [0.5, 0.6) is 0 Å². The van der Waals surface area contributed by atoms with E-state index < -0.39 is 4.92 Å². The molecule has 120 valence electrons. The molecule has 1 aromatic rings. The zero-order valence-corrected chi connectivity index (χ0v) is 13.7. The molecular formula is C17H24N2O3. The highest BCUT2D eigenvalue weighted by atomic mass is 16.6. The van der Waals surface area contributed by atoms with Crippen molar-refractivity contribution >= 4 is 17.7 Å². The highest BCUT2D eigenvalue weighted by Gasteiger charge is 2.21. The minimum absolute atomic E-state index is 0.0259. The van der Waals surface area contributed by atoms with Gasteiger partial charge in [-0.1, -0.05) is 13.8 Å². The highest BCUT2D eigenvalue weighted by molar-refractivity contribution is 5.92. The summed E-state index contributed by atoms with van der Waals surface area (Å²) in [5, 5.41) is 10.6. The number of carbonyl (C=O) groups is 1. The Morgan fingerprint density at radius 1 is 1.18 bits per heavy atom. The molecule has 0 aliphatic rings. The van der Waals surface area contributed by atoms with Gasteiger partial charge in [-0.3, -0.25) is 14.9 Å². The predicted octanol–water partition coefficient (Wildman–Crippen LogP) is 4.03. The zero-order valence-electron chi connectivity index (χ0n) is 13.7. The van der Waals surface area contributed by atoms with Crippen molar-refractivity contribution in [3.8, 4) is 0 Å². The first-order valence-electron chi connectivity index (χ1n) is 7.65. The summed E-state index contributed by atoms with van der Waals surface area (Å²) in [4.78, 5) is 24.5. The Kier molecular flexibility index (Phi) is 6.76. The van der Waals surface area contributed by atoms with Crippen LogP contribution in [0.4, 0.5) is 5.69 Å². The number of nitro benzene ring substituents is 1. The lowest BCUT2D eigenvalue weighted by Gasteiger charge is -2.33. The number of carbonyl (C=O) groups excluding carboxylic acids is 1. The largest absolute Gasteiger partial charge is 0.334 e. The molecule has 22 heavy (non-hydrogen) atoms. The molecule has 0 heterocycles. The van der Waals surface area contributed by atoms with Gasteiger partial charge in [-0.2, -0.15) is 0 Å². The van der Waals surface area contributed by atoms with Gasteiger partial charge < -0.3 is 4.90 Å². The Morgan fingerprint density at radius 2 is 1.68 bits per heavy atom. The van der Waals surface area contributed by atoms with Gasteiger partial charge in [0.25, 0.3) is 5.69 Å². The summed E-state index contributed by atoms with van der Waals surface area (Å²) in [5.74, 6) is -0.0259. The quantitative estimate of drug-likeness (QED) is 0.434. The van der Waals surface area contributed by atoms with E-state index in [-0.39, 0.29) is 23.7 Å². The molecular weight excluding hydrogens is 280 g/mol. The standard InChI is InChI=1S/C17H24N2O3/c1-5-13(3)18(14(4)6-2)17(20)12-9-15-7-10-16(11-8-15)19(21)22/h7-14H,5-6H2,1-4H3/b12-9+/t13-,14+. The molecule has 0 aliphatic heterocycles. The second-order valence-corrected chi connectivity index (χ2v) is 5.44.